The van der Waals surface area contributed by atoms with Gasteiger partial charge in [0.2, 0.25) is 0 Å². The lowest BCUT2D eigenvalue weighted by molar-refractivity contribution is -0.688. The van der Waals surface area contributed by atoms with Gasteiger partial charge in [-0.2, -0.15) is 4.57 Å². The molecule has 17 heavy (non-hydrogen) atoms. The molecule has 1 aromatic heterocycles. The van der Waals surface area contributed by atoms with Gasteiger partial charge in [-0.05, 0) is 6.07 Å². The molecule has 0 aliphatic heterocycles. The molecule has 1 amide bonds. The van der Waals surface area contributed by atoms with E-state index in [1.165, 1.54) is 5.56 Å². The molecule has 0 atom stereocenters. The zero-order valence-corrected chi connectivity index (χ0v) is 9.34. The van der Waals surface area contributed by atoms with Gasteiger partial charge in [-0.3, -0.25) is 10.2 Å². The Bertz CT molecular complexity index is 511. The summed E-state index contributed by atoms with van der Waals surface area (Å²) in [6, 6.07) is 13.6. The number of pyridine rings is 1. The summed E-state index contributed by atoms with van der Waals surface area (Å²) < 4.78 is 1.94. The third-order valence-electron chi connectivity index (χ3n) is 2.46. The van der Waals surface area contributed by atoms with Crippen LogP contribution in [0.4, 0.5) is 0 Å². The molecular formula is C13H14N3O+. The number of amides is 1. The van der Waals surface area contributed by atoms with Crippen molar-refractivity contribution in [2.24, 2.45) is 5.84 Å². The lowest BCUT2D eigenvalue weighted by Gasteiger charge is -2.00. The Balaban J connectivity index is 2.20. The number of rotatable bonds is 3. The highest BCUT2D eigenvalue weighted by molar-refractivity contribution is 5.93. The molecule has 0 bridgehead atoms. The van der Waals surface area contributed by atoms with Gasteiger partial charge in [0.05, 0.1) is 0 Å². The summed E-state index contributed by atoms with van der Waals surface area (Å²) in [7, 11) is 0. The van der Waals surface area contributed by atoms with Gasteiger partial charge in [0.15, 0.2) is 18.9 Å². The molecule has 4 heteroatoms. The van der Waals surface area contributed by atoms with Crippen LogP contribution in [-0.2, 0) is 6.54 Å². The predicted octanol–water partition coefficient (Wildman–Crippen LogP) is 0.626. The fraction of sp³-hybridized carbons (Fsp3) is 0.0769. The molecule has 0 fully saturated rings. The molecule has 0 radical (unpaired) electrons. The second-order valence-electron chi connectivity index (χ2n) is 3.72. The van der Waals surface area contributed by atoms with Gasteiger partial charge < -0.3 is 0 Å². The van der Waals surface area contributed by atoms with E-state index in [0.29, 0.717) is 5.56 Å². The van der Waals surface area contributed by atoms with Crippen LogP contribution in [0.15, 0.2) is 54.9 Å². The van der Waals surface area contributed by atoms with E-state index >= 15 is 0 Å². The SMILES string of the molecule is NNC(=O)c1ccc[n+](Cc2ccccc2)c1. The van der Waals surface area contributed by atoms with Crippen molar-refractivity contribution in [3.8, 4) is 0 Å². The number of carbonyl (C=O) groups excluding carboxylic acids is 1. The molecule has 0 unspecified atom stereocenters. The van der Waals surface area contributed by atoms with Crippen molar-refractivity contribution in [3.05, 3.63) is 66.0 Å². The minimum atomic E-state index is -0.285. The van der Waals surface area contributed by atoms with Crippen molar-refractivity contribution in [3.63, 3.8) is 0 Å². The fourth-order valence-corrected chi connectivity index (χ4v) is 1.63. The van der Waals surface area contributed by atoms with Crippen LogP contribution in [0.2, 0.25) is 0 Å². The molecule has 1 aromatic carbocycles. The maximum Gasteiger partial charge on any atom is 0.271 e. The van der Waals surface area contributed by atoms with E-state index in [2.05, 4.69) is 5.43 Å². The maximum absolute atomic E-state index is 11.4. The van der Waals surface area contributed by atoms with Gasteiger partial charge >= 0.3 is 0 Å². The highest BCUT2D eigenvalue weighted by Gasteiger charge is 2.09. The number of hydrogen-bond acceptors (Lipinski definition) is 2. The monoisotopic (exact) mass is 228 g/mol. The summed E-state index contributed by atoms with van der Waals surface area (Å²) in [4.78, 5) is 11.4. The first-order valence-corrected chi connectivity index (χ1v) is 5.33. The Labute approximate surface area is 99.7 Å². The first-order chi connectivity index (χ1) is 8.29. The molecule has 0 aliphatic rings. The zero-order valence-electron chi connectivity index (χ0n) is 9.34. The first-order valence-electron chi connectivity index (χ1n) is 5.33. The summed E-state index contributed by atoms with van der Waals surface area (Å²) in [6.45, 7) is 0.729. The maximum atomic E-state index is 11.4. The second kappa shape index (κ2) is 5.23. The summed E-state index contributed by atoms with van der Waals surface area (Å²) in [5.74, 6) is 4.81. The molecule has 2 aromatic rings. The number of nitrogens with two attached hydrogens (primary N) is 1. The Morgan fingerprint density at radius 1 is 1.18 bits per heavy atom. The Hall–Kier alpha value is -2.20. The van der Waals surface area contributed by atoms with Crippen molar-refractivity contribution in [1.29, 1.82) is 0 Å². The minimum Gasteiger partial charge on any atom is -0.290 e. The van der Waals surface area contributed by atoms with Crippen molar-refractivity contribution < 1.29 is 9.36 Å². The summed E-state index contributed by atoms with van der Waals surface area (Å²) in [6.07, 6.45) is 3.69. The van der Waals surface area contributed by atoms with Crippen LogP contribution < -0.4 is 15.8 Å². The molecule has 1 heterocycles. The molecule has 0 saturated carbocycles. The van der Waals surface area contributed by atoms with E-state index < -0.39 is 0 Å². The first kappa shape index (κ1) is 11.3. The van der Waals surface area contributed by atoms with E-state index in [1.807, 2.05) is 47.2 Å². The van der Waals surface area contributed by atoms with Crippen LogP contribution in [-0.4, -0.2) is 5.91 Å². The average Bonchev–Trinajstić information content (AvgIpc) is 2.39. The topological polar surface area (TPSA) is 59.0 Å². The van der Waals surface area contributed by atoms with Crippen molar-refractivity contribution >= 4 is 5.91 Å². The number of carbonyl (C=O) groups is 1. The average molecular weight is 228 g/mol. The lowest BCUT2D eigenvalue weighted by Crippen LogP contribution is -2.37. The lowest BCUT2D eigenvalue weighted by atomic mass is 10.2. The highest BCUT2D eigenvalue weighted by atomic mass is 16.2. The molecule has 0 spiro atoms. The van der Waals surface area contributed by atoms with Gasteiger partial charge in [-0.1, -0.05) is 30.3 Å². The molecule has 2 rings (SSSR count). The van der Waals surface area contributed by atoms with Crippen LogP contribution in [0.5, 0.6) is 0 Å². The van der Waals surface area contributed by atoms with E-state index in [1.54, 1.807) is 12.3 Å². The Morgan fingerprint density at radius 3 is 2.65 bits per heavy atom. The van der Waals surface area contributed by atoms with Crippen molar-refractivity contribution in [2.75, 3.05) is 0 Å². The fourth-order valence-electron chi connectivity index (χ4n) is 1.63. The third-order valence-corrected chi connectivity index (χ3v) is 2.46. The zero-order chi connectivity index (χ0) is 12.1. The summed E-state index contributed by atoms with van der Waals surface area (Å²) >= 11 is 0. The van der Waals surface area contributed by atoms with Crippen LogP contribution in [0.1, 0.15) is 15.9 Å². The van der Waals surface area contributed by atoms with Crippen LogP contribution in [0, 0.1) is 0 Å². The highest BCUT2D eigenvalue weighted by Crippen LogP contribution is 1.99. The van der Waals surface area contributed by atoms with E-state index in [0.717, 1.165) is 6.54 Å². The quantitative estimate of drug-likeness (QED) is 0.350. The second-order valence-corrected chi connectivity index (χ2v) is 3.72. The molecule has 0 aliphatic carbocycles. The van der Waals surface area contributed by atoms with E-state index in [-0.39, 0.29) is 5.91 Å². The number of nitrogens with one attached hydrogen (secondary N) is 1. The van der Waals surface area contributed by atoms with Gasteiger partial charge in [0.1, 0.15) is 5.56 Å². The number of nitrogens with zero attached hydrogens (tertiary/aromatic N) is 1. The predicted molar refractivity (Wildman–Crippen MR) is 63.8 cm³/mol. The summed E-state index contributed by atoms with van der Waals surface area (Å²) in [5.41, 5.74) is 3.85. The number of hydrogen-bond donors (Lipinski definition) is 2. The van der Waals surface area contributed by atoms with Gasteiger partial charge in [-0.25, -0.2) is 5.84 Å². The van der Waals surface area contributed by atoms with Crippen molar-refractivity contribution in [2.45, 2.75) is 6.54 Å². The normalized spacial score (nSPS) is 9.94. The molecule has 3 N–H and O–H groups in total. The van der Waals surface area contributed by atoms with E-state index in [9.17, 15) is 4.79 Å². The van der Waals surface area contributed by atoms with Gasteiger partial charge in [0, 0.05) is 11.6 Å². The summed E-state index contributed by atoms with van der Waals surface area (Å²) in [5, 5.41) is 0. The molecule has 0 saturated heterocycles. The minimum absolute atomic E-state index is 0.285. The number of benzene rings is 1. The largest absolute Gasteiger partial charge is 0.290 e. The Morgan fingerprint density at radius 2 is 1.94 bits per heavy atom. The number of aromatic nitrogens is 1. The Kier molecular flexibility index (Phi) is 3.47. The standard InChI is InChI=1S/C13H13N3O/c14-15-13(17)12-7-4-8-16(10-12)9-11-5-2-1-3-6-11/h1-8,10H,9,14H2/p+1. The smallest absolute Gasteiger partial charge is 0.271 e. The van der Waals surface area contributed by atoms with Crippen LogP contribution >= 0.6 is 0 Å². The van der Waals surface area contributed by atoms with Crippen LogP contribution in [0.3, 0.4) is 0 Å². The van der Waals surface area contributed by atoms with Gasteiger partial charge in [0.25, 0.3) is 5.91 Å². The molecular weight excluding hydrogens is 214 g/mol. The van der Waals surface area contributed by atoms with Gasteiger partial charge in [-0.15, -0.1) is 0 Å². The van der Waals surface area contributed by atoms with E-state index in [4.69, 9.17) is 5.84 Å². The number of hydrazine groups is 1. The number of nitrogen functional groups attached to an aromatic ring is 1. The third kappa shape index (κ3) is 2.89. The molecule has 86 valence electrons. The molecule has 4 nitrogen and oxygen atoms in total. The van der Waals surface area contributed by atoms with Crippen LogP contribution in [0.25, 0.3) is 0 Å². The van der Waals surface area contributed by atoms with Crippen molar-refractivity contribution in [1.82, 2.24) is 5.43 Å².